The molecule has 140 valence electrons. The predicted octanol–water partition coefficient (Wildman–Crippen LogP) is 2.63. The standard InChI is InChI=1S/C19H25ClN4O2/c1-14-11-16(26-22-14)12-23-7-9-24(10-8-23)13-19(25)21-15(2)17-5-3-4-6-18(17)20/h3-6,11,15H,7-10,12-13H2,1-2H3,(H,21,25). The van der Waals surface area contributed by atoms with Crippen LogP contribution in [0.25, 0.3) is 0 Å². The SMILES string of the molecule is Cc1cc(CN2CCN(CC(=O)NC(C)c3ccccc3Cl)CC2)on1. The summed E-state index contributed by atoms with van der Waals surface area (Å²) in [4.78, 5) is 16.8. The van der Waals surface area contributed by atoms with Crippen molar-refractivity contribution in [3.8, 4) is 0 Å². The van der Waals surface area contributed by atoms with Crippen LogP contribution in [0, 0.1) is 6.92 Å². The minimum absolute atomic E-state index is 0.0247. The Hall–Kier alpha value is -1.89. The number of piperazine rings is 1. The van der Waals surface area contributed by atoms with Crippen molar-refractivity contribution in [3.05, 3.63) is 52.4 Å². The first kappa shape index (κ1) is 18.9. The molecule has 1 aliphatic rings. The normalized spacial score (nSPS) is 17.2. The summed E-state index contributed by atoms with van der Waals surface area (Å²) in [6, 6.07) is 9.47. The highest BCUT2D eigenvalue weighted by Crippen LogP contribution is 2.22. The Morgan fingerprint density at radius 2 is 1.96 bits per heavy atom. The Balaban J connectivity index is 1.42. The molecular formula is C19H25ClN4O2. The molecule has 1 atom stereocenters. The molecule has 2 heterocycles. The van der Waals surface area contributed by atoms with E-state index in [1.807, 2.05) is 44.2 Å². The van der Waals surface area contributed by atoms with Crippen LogP contribution < -0.4 is 5.32 Å². The zero-order valence-electron chi connectivity index (χ0n) is 15.2. The fourth-order valence-corrected chi connectivity index (χ4v) is 3.51. The summed E-state index contributed by atoms with van der Waals surface area (Å²) < 4.78 is 5.27. The summed E-state index contributed by atoms with van der Waals surface area (Å²) in [7, 11) is 0. The molecular weight excluding hydrogens is 352 g/mol. The van der Waals surface area contributed by atoms with E-state index in [4.69, 9.17) is 16.1 Å². The van der Waals surface area contributed by atoms with Crippen molar-refractivity contribution in [1.29, 1.82) is 0 Å². The number of halogens is 1. The monoisotopic (exact) mass is 376 g/mol. The van der Waals surface area contributed by atoms with Crippen molar-refractivity contribution >= 4 is 17.5 Å². The number of aromatic nitrogens is 1. The first-order valence-electron chi connectivity index (χ1n) is 8.92. The number of amides is 1. The van der Waals surface area contributed by atoms with Crippen LogP contribution in [0.1, 0.15) is 30.0 Å². The lowest BCUT2D eigenvalue weighted by molar-refractivity contribution is -0.123. The van der Waals surface area contributed by atoms with E-state index in [9.17, 15) is 4.79 Å². The van der Waals surface area contributed by atoms with Crippen molar-refractivity contribution < 1.29 is 9.32 Å². The van der Waals surface area contributed by atoms with E-state index in [1.54, 1.807) is 0 Å². The average molecular weight is 377 g/mol. The quantitative estimate of drug-likeness (QED) is 0.839. The summed E-state index contributed by atoms with van der Waals surface area (Å²) in [5.41, 5.74) is 1.85. The molecule has 0 saturated carbocycles. The van der Waals surface area contributed by atoms with Gasteiger partial charge in [0.05, 0.1) is 24.8 Å². The smallest absolute Gasteiger partial charge is 0.234 e. The van der Waals surface area contributed by atoms with Crippen molar-refractivity contribution in [1.82, 2.24) is 20.3 Å². The van der Waals surface area contributed by atoms with Gasteiger partial charge >= 0.3 is 0 Å². The van der Waals surface area contributed by atoms with Gasteiger partial charge in [-0.2, -0.15) is 0 Å². The summed E-state index contributed by atoms with van der Waals surface area (Å²) in [6.45, 7) is 8.60. The maximum Gasteiger partial charge on any atom is 0.234 e. The number of hydrogen-bond acceptors (Lipinski definition) is 5. The molecule has 1 N–H and O–H groups in total. The molecule has 0 spiro atoms. The second-order valence-electron chi connectivity index (χ2n) is 6.80. The maximum absolute atomic E-state index is 12.3. The van der Waals surface area contributed by atoms with Crippen molar-refractivity contribution in [3.63, 3.8) is 0 Å². The van der Waals surface area contributed by atoms with E-state index in [0.717, 1.165) is 49.7 Å². The Kier molecular flexibility index (Phi) is 6.29. The summed E-state index contributed by atoms with van der Waals surface area (Å²) in [5, 5.41) is 7.63. The first-order valence-corrected chi connectivity index (χ1v) is 9.30. The van der Waals surface area contributed by atoms with Gasteiger partial charge in [-0.15, -0.1) is 0 Å². The van der Waals surface area contributed by atoms with Crippen LogP contribution in [0.2, 0.25) is 5.02 Å². The largest absolute Gasteiger partial charge is 0.360 e. The fraction of sp³-hybridized carbons (Fsp3) is 0.474. The number of rotatable bonds is 6. The van der Waals surface area contributed by atoms with Gasteiger partial charge in [0.15, 0.2) is 5.76 Å². The molecule has 7 heteroatoms. The van der Waals surface area contributed by atoms with E-state index >= 15 is 0 Å². The summed E-state index contributed by atoms with van der Waals surface area (Å²) in [6.07, 6.45) is 0. The molecule has 1 aliphatic heterocycles. The summed E-state index contributed by atoms with van der Waals surface area (Å²) >= 11 is 6.20. The van der Waals surface area contributed by atoms with Crippen LogP contribution in [-0.2, 0) is 11.3 Å². The topological polar surface area (TPSA) is 61.6 Å². The van der Waals surface area contributed by atoms with Gasteiger partial charge in [0.25, 0.3) is 0 Å². The predicted molar refractivity (Wildman–Crippen MR) is 101 cm³/mol. The van der Waals surface area contributed by atoms with Crippen LogP contribution in [0.15, 0.2) is 34.9 Å². The van der Waals surface area contributed by atoms with Crippen LogP contribution in [0.4, 0.5) is 0 Å². The number of carbonyl (C=O) groups excluding carboxylic acids is 1. The molecule has 1 aromatic carbocycles. The number of aryl methyl sites for hydroxylation is 1. The number of nitrogens with zero attached hydrogens (tertiary/aromatic N) is 3. The van der Waals surface area contributed by atoms with Crippen molar-refractivity contribution in [2.24, 2.45) is 0 Å². The van der Waals surface area contributed by atoms with Gasteiger partial charge in [0, 0.05) is 37.3 Å². The Bertz CT molecular complexity index is 741. The van der Waals surface area contributed by atoms with E-state index in [0.29, 0.717) is 11.6 Å². The van der Waals surface area contributed by atoms with Gasteiger partial charge in [-0.1, -0.05) is 35.0 Å². The third-order valence-electron chi connectivity index (χ3n) is 4.64. The lowest BCUT2D eigenvalue weighted by atomic mass is 10.1. The molecule has 2 aromatic rings. The number of carbonyl (C=O) groups is 1. The second-order valence-corrected chi connectivity index (χ2v) is 7.20. The van der Waals surface area contributed by atoms with Gasteiger partial charge in [-0.05, 0) is 25.5 Å². The molecule has 1 saturated heterocycles. The van der Waals surface area contributed by atoms with E-state index in [-0.39, 0.29) is 11.9 Å². The molecule has 1 fully saturated rings. The van der Waals surface area contributed by atoms with Crippen LogP contribution >= 0.6 is 11.6 Å². The first-order chi connectivity index (χ1) is 12.5. The Morgan fingerprint density at radius 3 is 2.62 bits per heavy atom. The van der Waals surface area contributed by atoms with E-state index in [1.165, 1.54) is 0 Å². The highest BCUT2D eigenvalue weighted by atomic mass is 35.5. The van der Waals surface area contributed by atoms with Crippen LogP contribution in [-0.4, -0.2) is 53.6 Å². The number of hydrogen-bond donors (Lipinski definition) is 1. The number of nitrogens with one attached hydrogen (secondary N) is 1. The molecule has 0 bridgehead atoms. The second kappa shape index (κ2) is 8.66. The van der Waals surface area contributed by atoms with Gasteiger partial charge in [0.1, 0.15) is 0 Å². The van der Waals surface area contributed by atoms with Crippen molar-refractivity contribution in [2.45, 2.75) is 26.4 Å². The molecule has 1 unspecified atom stereocenters. The minimum Gasteiger partial charge on any atom is -0.360 e. The van der Waals surface area contributed by atoms with Gasteiger partial charge in [0.2, 0.25) is 5.91 Å². The lowest BCUT2D eigenvalue weighted by Crippen LogP contribution is -2.49. The van der Waals surface area contributed by atoms with Crippen LogP contribution in [0.3, 0.4) is 0 Å². The zero-order chi connectivity index (χ0) is 18.5. The third kappa shape index (κ3) is 5.06. The molecule has 1 amide bonds. The fourth-order valence-electron chi connectivity index (χ4n) is 3.21. The molecule has 1 aromatic heterocycles. The van der Waals surface area contributed by atoms with Gasteiger partial charge < -0.3 is 9.84 Å². The number of benzene rings is 1. The highest BCUT2D eigenvalue weighted by Gasteiger charge is 2.21. The molecule has 26 heavy (non-hydrogen) atoms. The zero-order valence-corrected chi connectivity index (χ0v) is 16.0. The average Bonchev–Trinajstić information content (AvgIpc) is 3.01. The molecule has 6 nitrogen and oxygen atoms in total. The van der Waals surface area contributed by atoms with Crippen LogP contribution in [0.5, 0.6) is 0 Å². The lowest BCUT2D eigenvalue weighted by Gasteiger charge is -2.33. The minimum atomic E-state index is -0.104. The maximum atomic E-state index is 12.3. The molecule has 0 aliphatic carbocycles. The highest BCUT2D eigenvalue weighted by molar-refractivity contribution is 6.31. The molecule has 3 rings (SSSR count). The Morgan fingerprint density at radius 1 is 1.27 bits per heavy atom. The summed E-state index contributed by atoms with van der Waals surface area (Å²) in [5.74, 6) is 0.916. The van der Waals surface area contributed by atoms with E-state index < -0.39 is 0 Å². The van der Waals surface area contributed by atoms with Crippen molar-refractivity contribution in [2.75, 3.05) is 32.7 Å². The van der Waals surface area contributed by atoms with Gasteiger partial charge in [-0.25, -0.2) is 0 Å². The third-order valence-corrected chi connectivity index (χ3v) is 4.98. The van der Waals surface area contributed by atoms with Gasteiger partial charge in [-0.3, -0.25) is 14.6 Å². The van der Waals surface area contributed by atoms with E-state index in [2.05, 4.69) is 20.3 Å². The Labute approximate surface area is 159 Å². The molecule has 0 radical (unpaired) electrons.